The third-order valence-corrected chi connectivity index (χ3v) is 3.60. The fourth-order valence-electron chi connectivity index (χ4n) is 1.63. The molecule has 3 heteroatoms. The lowest BCUT2D eigenvalue weighted by Crippen LogP contribution is -1.99. The van der Waals surface area contributed by atoms with Gasteiger partial charge in [0, 0.05) is 21.1 Å². The van der Waals surface area contributed by atoms with Gasteiger partial charge in [0.15, 0.2) is 0 Å². The monoisotopic (exact) mass is 272 g/mol. The Morgan fingerprint density at radius 2 is 2.05 bits per heavy atom. The van der Waals surface area contributed by atoms with Crippen LogP contribution >= 0.6 is 11.3 Å². The van der Waals surface area contributed by atoms with Gasteiger partial charge < -0.3 is 4.74 Å². The van der Waals surface area contributed by atoms with Gasteiger partial charge in [-0.3, -0.25) is 0 Å². The summed E-state index contributed by atoms with van der Waals surface area (Å²) in [6.45, 7) is 6.23. The minimum Gasteiger partial charge on any atom is -0.465 e. The minimum absolute atomic E-state index is 0.0383. The normalized spacial score (nSPS) is 10.9. The molecule has 1 heterocycles. The molecule has 0 aliphatic heterocycles. The molecule has 0 saturated heterocycles. The van der Waals surface area contributed by atoms with Crippen molar-refractivity contribution in [2.45, 2.75) is 20.8 Å². The second-order valence-electron chi connectivity index (χ2n) is 5.32. The molecule has 19 heavy (non-hydrogen) atoms. The van der Waals surface area contributed by atoms with Crippen molar-refractivity contribution in [2.75, 3.05) is 7.11 Å². The molecule has 98 valence electrons. The second kappa shape index (κ2) is 5.07. The van der Waals surface area contributed by atoms with Gasteiger partial charge in [-0.15, -0.1) is 11.3 Å². The third-order valence-electron chi connectivity index (χ3n) is 2.52. The van der Waals surface area contributed by atoms with E-state index >= 15 is 0 Å². The van der Waals surface area contributed by atoms with Crippen LogP contribution in [0.5, 0.6) is 0 Å². The van der Waals surface area contributed by atoms with E-state index in [4.69, 9.17) is 4.74 Å². The fourth-order valence-corrected chi connectivity index (χ4v) is 2.63. The molecule has 0 radical (unpaired) electrons. The molecular formula is C16H16O2S. The molecule has 2 rings (SSSR count). The van der Waals surface area contributed by atoms with Crippen molar-refractivity contribution < 1.29 is 9.53 Å². The van der Waals surface area contributed by atoms with Crippen LogP contribution in [-0.4, -0.2) is 13.1 Å². The number of carbonyl (C=O) groups is 1. The molecule has 2 aromatic rings. The zero-order valence-electron chi connectivity index (χ0n) is 11.5. The summed E-state index contributed by atoms with van der Waals surface area (Å²) in [5, 5.41) is 1.02. The van der Waals surface area contributed by atoms with Crippen LogP contribution in [0.15, 0.2) is 24.3 Å². The van der Waals surface area contributed by atoms with Gasteiger partial charge in [-0.05, 0) is 39.0 Å². The highest BCUT2D eigenvalue weighted by Crippen LogP contribution is 2.28. The first kappa shape index (κ1) is 13.6. The third kappa shape index (κ3) is 3.15. The SMILES string of the molecule is COC(=O)c1cc2c(C#CC(C)(C)C)cccc2s1. The number of hydrogen-bond acceptors (Lipinski definition) is 3. The first-order valence-electron chi connectivity index (χ1n) is 6.05. The number of fused-ring (bicyclic) bond motifs is 1. The standard InChI is InChI=1S/C16H16O2S/c1-16(2,3)9-8-11-6-5-7-13-12(11)10-14(19-13)15(17)18-4/h5-7,10H,1-4H3. The first-order valence-corrected chi connectivity index (χ1v) is 6.86. The zero-order valence-corrected chi connectivity index (χ0v) is 12.4. The van der Waals surface area contributed by atoms with Gasteiger partial charge in [0.2, 0.25) is 0 Å². The van der Waals surface area contributed by atoms with Gasteiger partial charge in [-0.25, -0.2) is 4.79 Å². The number of carbonyl (C=O) groups excluding carboxylic acids is 1. The molecule has 0 spiro atoms. The van der Waals surface area contributed by atoms with E-state index in [-0.39, 0.29) is 11.4 Å². The molecular weight excluding hydrogens is 256 g/mol. The Hall–Kier alpha value is -1.79. The zero-order chi connectivity index (χ0) is 14.0. The predicted molar refractivity (Wildman–Crippen MR) is 79.5 cm³/mol. The Balaban J connectivity index is 2.53. The van der Waals surface area contributed by atoms with Crippen molar-refractivity contribution in [3.63, 3.8) is 0 Å². The van der Waals surface area contributed by atoms with E-state index in [1.165, 1.54) is 18.4 Å². The highest BCUT2D eigenvalue weighted by atomic mass is 32.1. The number of rotatable bonds is 1. The van der Waals surface area contributed by atoms with Crippen LogP contribution < -0.4 is 0 Å². The summed E-state index contributed by atoms with van der Waals surface area (Å²) >= 11 is 1.44. The highest BCUT2D eigenvalue weighted by Gasteiger charge is 2.12. The number of benzene rings is 1. The maximum Gasteiger partial charge on any atom is 0.348 e. The average molecular weight is 272 g/mol. The maximum absolute atomic E-state index is 11.6. The summed E-state index contributed by atoms with van der Waals surface area (Å²) in [5.41, 5.74) is 0.919. The average Bonchev–Trinajstić information content (AvgIpc) is 2.78. The minimum atomic E-state index is -0.295. The summed E-state index contributed by atoms with van der Waals surface area (Å²) < 4.78 is 5.81. The smallest absolute Gasteiger partial charge is 0.348 e. The number of ether oxygens (including phenoxy) is 1. The number of hydrogen-bond donors (Lipinski definition) is 0. The van der Waals surface area contributed by atoms with Gasteiger partial charge in [-0.1, -0.05) is 17.9 Å². The molecule has 0 atom stereocenters. The predicted octanol–water partition coefficient (Wildman–Crippen LogP) is 4.09. The van der Waals surface area contributed by atoms with Crippen molar-refractivity contribution in [3.05, 3.63) is 34.7 Å². The Bertz CT molecular complexity index is 678. The molecule has 0 unspecified atom stereocenters. The van der Waals surface area contributed by atoms with Crippen LogP contribution in [0, 0.1) is 17.3 Å². The largest absolute Gasteiger partial charge is 0.465 e. The topological polar surface area (TPSA) is 26.3 Å². The van der Waals surface area contributed by atoms with Crippen LogP contribution in [0.4, 0.5) is 0 Å². The van der Waals surface area contributed by atoms with Crippen molar-refractivity contribution in [1.29, 1.82) is 0 Å². The van der Waals surface area contributed by atoms with Crippen molar-refractivity contribution in [1.82, 2.24) is 0 Å². The molecule has 1 aromatic carbocycles. The Morgan fingerprint density at radius 3 is 2.68 bits per heavy atom. The highest BCUT2D eigenvalue weighted by molar-refractivity contribution is 7.20. The van der Waals surface area contributed by atoms with Crippen LogP contribution in [0.2, 0.25) is 0 Å². The summed E-state index contributed by atoms with van der Waals surface area (Å²) in [5.74, 6) is 6.13. The van der Waals surface area contributed by atoms with E-state index in [1.807, 2.05) is 24.3 Å². The van der Waals surface area contributed by atoms with E-state index in [9.17, 15) is 4.79 Å². The van der Waals surface area contributed by atoms with E-state index in [0.29, 0.717) is 4.88 Å². The molecule has 0 aliphatic rings. The van der Waals surface area contributed by atoms with Crippen molar-refractivity contribution in [3.8, 4) is 11.8 Å². The lowest BCUT2D eigenvalue weighted by Gasteiger charge is -2.06. The van der Waals surface area contributed by atoms with E-state index < -0.39 is 0 Å². The maximum atomic E-state index is 11.6. The van der Waals surface area contributed by atoms with E-state index in [2.05, 4.69) is 32.6 Å². The molecule has 0 bridgehead atoms. The van der Waals surface area contributed by atoms with E-state index in [1.54, 1.807) is 0 Å². The Morgan fingerprint density at radius 1 is 1.32 bits per heavy atom. The lowest BCUT2D eigenvalue weighted by atomic mass is 9.97. The summed E-state index contributed by atoms with van der Waals surface area (Å²) in [4.78, 5) is 12.2. The van der Waals surface area contributed by atoms with Crippen LogP contribution in [0.1, 0.15) is 36.0 Å². The van der Waals surface area contributed by atoms with Crippen LogP contribution in [0.3, 0.4) is 0 Å². The van der Waals surface area contributed by atoms with Crippen molar-refractivity contribution in [2.24, 2.45) is 5.41 Å². The van der Waals surface area contributed by atoms with Gasteiger partial charge in [0.1, 0.15) is 4.88 Å². The quantitative estimate of drug-likeness (QED) is 0.577. The molecule has 0 aliphatic carbocycles. The number of esters is 1. The van der Waals surface area contributed by atoms with Gasteiger partial charge in [0.05, 0.1) is 7.11 Å². The Kier molecular flexibility index (Phi) is 3.64. The van der Waals surface area contributed by atoms with E-state index in [0.717, 1.165) is 15.6 Å². The number of thiophene rings is 1. The first-order chi connectivity index (χ1) is 8.90. The van der Waals surface area contributed by atoms with Gasteiger partial charge in [-0.2, -0.15) is 0 Å². The molecule has 1 aromatic heterocycles. The second-order valence-corrected chi connectivity index (χ2v) is 6.40. The van der Waals surface area contributed by atoms with Crippen LogP contribution in [0.25, 0.3) is 10.1 Å². The molecule has 0 saturated carbocycles. The van der Waals surface area contributed by atoms with Gasteiger partial charge in [0.25, 0.3) is 0 Å². The summed E-state index contributed by atoms with van der Waals surface area (Å²) in [7, 11) is 1.40. The van der Waals surface area contributed by atoms with Crippen LogP contribution in [-0.2, 0) is 4.74 Å². The lowest BCUT2D eigenvalue weighted by molar-refractivity contribution is 0.0606. The molecule has 0 amide bonds. The Labute approximate surface area is 117 Å². The summed E-state index contributed by atoms with van der Waals surface area (Å²) in [6.07, 6.45) is 0. The summed E-state index contributed by atoms with van der Waals surface area (Å²) in [6, 6.07) is 7.80. The number of methoxy groups -OCH3 is 1. The van der Waals surface area contributed by atoms with Crippen molar-refractivity contribution >= 4 is 27.4 Å². The molecule has 0 fully saturated rings. The van der Waals surface area contributed by atoms with Gasteiger partial charge >= 0.3 is 5.97 Å². The molecule has 2 nitrogen and oxygen atoms in total. The fraction of sp³-hybridized carbons (Fsp3) is 0.312. The molecule has 0 N–H and O–H groups in total.